The second-order valence-electron chi connectivity index (χ2n) is 7.02. The Hall–Kier alpha value is -3.45. The van der Waals surface area contributed by atoms with Crippen LogP contribution in [0.25, 0.3) is 11.1 Å². The van der Waals surface area contributed by atoms with Crippen molar-refractivity contribution < 1.29 is 10.2 Å². The third kappa shape index (κ3) is 3.30. The number of nitrogens with zero attached hydrogens (tertiary/aromatic N) is 2. The molecule has 3 aromatic rings. The number of fused-ring (bicyclic) bond motifs is 1. The van der Waals surface area contributed by atoms with Crippen LogP contribution in [0.5, 0.6) is 11.5 Å². The van der Waals surface area contributed by atoms with Gasteiger partial charge in [0.05, 0.1) is 6.34 Å². The van der Waals surface area contributed by atoms with E-state index in [0.29, 0.717) is 11.3 Å². The number of phenolic OH excluding ortho intramolecular Hbond substituents is 2. The highest BCUT2D eigenvalue weighted by Crippen LogP contribution is 2.41. The Morgan fingerprint density at radius 2 is 1.86 bits per heavy atom. The molecule has 0 amide bonds. The SMILES string of the molecule is Cc1ccc(O)cc1N[C@]1(N=S)N=CNc2ccc(-c3cccc(C)c3O)cc21. The second kappa shape index (κ2) is 7.18. The van der Waals surface area contributed by atoms with Crippen LogP contribution in [-0.2, 0) is 18.2 Å². The summed E-state index contributed by atoms with van der Waals surface area (Å²) in [6, 6.07) is 16.4. The third-order valence-corrected chi connectivity index (χ3v) is 5.34. The van der Waals surface area contributed by atoms with Crippen molar-refractivity contribution in [2.24, 2.45) is 9.36 Å². The lowest BCUT2D eigenvalue weighted by Crippen LogP contribution is -2.35. The fourth-order valence-corrected chi connectivity index (χ4v) is 3.60. The Labute approximate surface area is 174 Å². The van der Waals surface area contributed by atoms with Gasteiger partial charge in [-0.1, -0.05) is 30.3 Å². The zero-order valence-corrected chi connectivity index (χ0v) is 16.8. The topological polar surface area (TPSA) is 89.2 Å². The number of hydrogen-bond donors (Lipinski definition) is 4. The van der Waals surface area contributed by atoms with Crippen molar-refractivity contribution in [3.8, 4) is 22.6 Å². The maximum absolute atomic E-state index is 10.5. The minimum atomic E-state index is -1.25. The number of phenols is 2. The molecule has 1 aliphatic rings. The summed E-state index contributed by atoms with van der Waals surface area (Å²) >= 11 is 5.15. The zero-order valence-electron chi connectivity index (χ0n) is 16.0. The first kappa shape index (κ1) is 18.9. The Morgan fingerprint density at radius 1 is 1.03 bits per heavy atom. The molecule has 29 heavy (non-hydrogen) atoms. The summed E-state index contributed by atoms with van der Waals surface area (Å²) < 4.78 is 4.15. The lowest BCUT2D eigenvalue weighted by Gasteiger charge is -2.32. The molecule has 0 saturated carbocycles. The Kier molecular flexibility index (Phi) is 4.68. The Balaban J connectivity index is 1.85. The van der Waals surface area contributed by atoms with Crippen LogP contribution in [0.2, 0.25) is 0 Å². The lowest BCUT2D eigenvalue weighted by atomic mass is 9.95. The fourth-order valence-electron chi connectivity index (χ4n) is 3.41. The van der Waals surface area contributed by atoms with E-state index in [9.17, 15) is 10.2 Å². The largest absolute Gasteiger partial charge is 0.508 e. The molecule has 146 valence electrons. The number of aliphatic imine (C=N–C) groups is 1. The molecule has 0 unspecified atom stereocenters. The van der Waals surface area contributed by atoms with E-state index >= 15 is 0 Å². The highest BCUT2D eigenvalue weighted by molar-refractivity contribution is 7.47. The number of rotatable bonds is 4. The standard InChI is InChI=1S/C22H20N4O2S/c1-13-6-8-16(27)11-20(13)25-22(26-29)18-10-15(7-9-19(18)23-12-24-22)17-5-3-4-14(2)21(17)28/h3-12,25,27-28H,1-2H3,(H,23,24)/t22-/m1/s1. The zero-order chi connectivity index (χ0) is 20.6. The quantitative estimate of drug-likeness (QED) is 0.502. The number of anilines is 2. The molecule has 1 atom stereocenters. The highest BCUT2D eigenvalue weighted by atomic mass is 32.1. The molecule has 7 heteroatoms. The number of nitrogens with one attached hydrogen (secondary N) is 2. The van der Waals surface area contributed by atoms with E-state index in [1.165, 1.54) is 0 Å². The van der Waals surface area contributed by atoms with Gasteiger partial charge in [0.1, 0.15) is 11.5 Å². The van der Waals surface area contributed by atoms with Gasteiger partial charge in [-0.2, -0.15) is 4.36 Å². The molecule has 1 heterocycles. The molecule has 0 fully saturated rings. The third-order valence-electron chi connectivity index (χ3n) is 5.08. The lowest BCUT2D eigenvalue weighted by molar-refractivity contribution is 0.473. The predicted octanol–water partition coefficient (Wildman–Crippen LogP) is 4.79. The smallest absolute Gasteiger partial charge is 0.267 e. The van der Waals surface area contributed by atoms with Crippen LogP contribution in [0.4, 0.5) is 11.4 Å². The molecule has 1 aliphatic heterocycles. The van der Waals surface area contributed by atoms with E-state index in [-0.39, 0.29) is 11.5 Å². The minimum Gasteiger partial charge on any atom is -0.508 e. The Morgan fingerprint density at radius 3 is 2.66 bits per heavy atom. The minimum absolute atomic E-state index is 0.134. The molecule has 0 aliphatic carbocycles. The average Bonchev–Trinajstić information content (AvgIpc) is 2.72. The summed E-state index contributed by atoms with van der Waals surface area (Å²) in [7, 11) is 0. The summed E-state index contributed by atoms with van der Waals surface area (Å²) in [6.45, 7) is 3.78. The van der Waals surface area contributed by atoms with Crippen molar-refractivity contribution in [1.82, 2.24) is 0 Å². The van der Waals surface area contributed by atoms with E-state index < -0.39 is 5.79 Å². The van der Waals surface area contributed by atoms with Gasteiger partial charge in [-0.3, -0.25) is 0 Å². The molecular weight excluding hydrogens is 384 g/mol. The molecular formula is C22H20N4O2S. The maximum atomic E-state index is 10.5. The van der Waals surface area contributed by atoms with Gasteiger partial charge < -0.3 is 20.8 Å². The molecule has 4 N–H and O–H groups in total. The van der Waals surface area contributed by atoms with Gasteiger partial charge in [-0.05, 0) is 48.7 Å². The summed E-state index contributed by atoms with van der Waals surface area (Å²) in [5, 5.41) is 26.8. The van der Waals surface area contributed by atoms with E-state index in [4.69, 9.17) is 12.4 Å². The maximum Gasteiger partial charge on any atom is 0.267 e. The first-order valence-electron chi connectivity index (χ1n) is 9.09. The molecule has 0 aromatic heterocycles. The molecule has 0 bridgehead atoms. The van der Waals surface area contributed by atoms with Crippen molar-refractivity contribution >= 4 is 30.1 Å². The van der Waals surface area contributed by atoms with Gasteiger partial charge in [0.2, 0.25) is 0 Å². The van der Waals surface area contributed by atoms with Gasteiger partial charge in [0.25, 0.3) is 5.79 Å². The summed E-state index contributed by atoms with van der Waals surface area (Å²) in [5.41, 5.74) is 5.45. The fraction of sp³-hybridized carbons (Fsp3) is 0.136. The Bertz CT molecular complexity index is 1150. The molecule has 0 saturated heterocycles. The van der Waals surface area contributed by atoms with E-state index in [0.717, 1.165) is 27.9 Å². The summed E-state index contributed by atoms with van der Waals surface area (Å²) in [6.07, 6.45) is 1.55. The van der Waals surface area contributed by atoms with Crippen LogP contribution in [-0.4, -0.2) is 16.6 Å². The normalized spacial score (nSPS) is 17.3. The van der Waals surface area contributed by atoms with Crippen LogP contribution in [0.15, 0.2) is 64.0 Å². The van der Waals surface area contributed by atoms with Gasteiger partial charge in [0, 0.05) is 41.0 Å². The second-order valence-corrected chi connectivity index (χ2v) is 7.20. The average molecular weight is 404 g/mol. The van der Waals surface area contributed by atoms with Crippen LogP contribution >= 0.6 is 0 Å². The first-order valence-corrected chi connectivity index (χ1v) is 9.46. The van der Waals surface area contributed by atoms with Gasteiger partial charge in [0.15, 0.2) is 0 Å². The van der Waals surface area contributed by atoms with Gasteiger partial charge in [-0.25, -0.2) is 4.99 Å². The van der Waals surface area contributed by atoms with E-state index in [1.54, 1.807) is 18.5 Å². The van der Waals surface area contributed by atoms with Crippen molar-refractivity contribution in [2.75, 3.05) is 10.6 Å². The summed E-state index contributed by atoms with van der Waals surface area (Å²) in [5.74, 6) is -0.879. The number of benzene rings is 3. The van der Waals surface area contributed by atoms with Crippen LogP contribution < -0.4 is 10.6 Å². The molecule has 3 aromatic carbocycles. The van der Waals surface area contributed by atoms with Crippen molar-refractivity contribution in [2.45, 2.75) is 19.6 Å². The van der Waals surface area contributed by atoms with Crippen molar-refractivity contribution in [3.63, 3.8) is 0 Å². The van der Waals surface area contributed by atoms with Gasteiger partial charge in [-0.15, -0.1) is 0 Å². The van der Waals surface area contributed by atoms with Crippen molar-refractivity contribution in [3.05, 3.63) is 71.3 Å². The molecule has 0 radical (unpaired) electrons. The van der Waals surface area contributed by atoms with Crippen LogP contribution in [0, 0.1) is 13.8 Å². The van der Waals surface area contributed by atoms with E-state index in [1.807, 2.05) is 56.3 Å². The first-order chi connectivity index (χ1) is 13.9. The molecule has 4 rings (SSSR count). The number of para-hydroxylation sites is 1. The monoisotopic (exact) mass is 404 g/mol. The summed E-state index contributed by atoms with van der Waals surface area (Å²) in [4.78, 5) is 4.50. The molecule has 0 spiro atoms. The number of aromatic hydroxyl groups is 2. The van der Waals surface area contributed by atoms with Crippen LogP contribution in [0.1, 0.15) is 16.7 Å². The van der Waals surface area contributed by atoms with Crippen LogP contribution in [0.3, 0.4) is 0 Å². The van der Waals surface area contributed by atoms with Gasteiger partial charge >= 0.3 is 0 Å². The number of aryl methyl sites for hydroxylation is 2. The number of hydrogen-bond acceptors (Lipinski definition) is 7. The van der Waals surface area contributed by atoms with E-state index in [2.05, 4.69) is 20.0 Å². The van der Waals surface area contributed by atoms with Crippen molar-refractivity contribution in [1.29, 1.82) is 0 Å². The molecule has 6 nitrogen and oxygen atoms in total. The predicted molar refractivity (Wildman–Crippen MR) is 118 cm³/mol. The highest BCUT2D eigenvalue weighted by Gasteiger charge is 2.36.